The maximum Gasteiger partial charge on any atom is 0.307 e. The zero-order chi connectivity index (χ0) is 14.8. The molecule has 0 aliphatic rings. The Bertz CT molecular complexity index is 807. The topological polar surface area (TPSA) is 72.6 Å². The highest BCUT2D eigenvalue weighted by Crippen LogP contribution is 2.31. The van der Waals surface area contributed by atoms with E-state index in [1.165, 1.54) is 0 Å². The molecule has 0 atom stereocenters. The van der Waals surface area contributed by atoms with Crippen LogP contribution in [0.2, 0.25) is 0 Å². The Morgan fingerprint density at radius 1 is 1.29 bits per heavy atom. The Morgan fingerprint density at radius 3 is 2.86 bits per heavy atom. The summed E-state index contributed by atoms with van der Waals surface area (Å²) < 4.78 is 11.0. The SMILES string of the molecule is COc1ccccc1-c1nc2ccc(CC(=O)O)cc2o1. The summed E-state index contributed by atoms with van der Waals surface area (Å²) in [6, 6.07) is 12.6. The summed E-state index contributed by atoms with van der Waals surface area (Å²) in [5.74, 6) is 0.253. The third kappa shape index (κ3) is 2.58. The molecule has 2 aromatic carbocycles. The summed E-state index contributed by atoms with van der Waals surface area (Å²) >= 11 is 0. The molecule has 5 nitrogen and oxygen atoms in total. The number of para-hydroxylation sites is 1. The second-order valence-electron chi connectivity index (χ2n) is 4.59. The number of fused-ring (bicyclic) bond motifs is 1. The number of oxazole rings is 1. The molecule has 0 amide bonds. The molecule has 0 bridgehead atoms. The number of rotatable bonds is 4. The monoisotopic (exact) mass is 283 g/mol. The molecule has 0 fully saturated rings. The number of methoxy groups -OCH3 is 1. The zero-order valence-electron chi connectivity index (χ0n) is 11.4. The number of ether oxygens (including phenoxy) is 1. The summed E-state index contributed by atoms with van der Waals surface area (Å²) in [7, 11) is 1.59. The first-order chi connectivity index (χ1) is 10.2. The Morgan fingerprint density at radius 2 is 2.10 bits per heavy atom. The van der Waals surface area contributed by atoms with Crippen LogP contribution >= 0.6 is 0 Å². The number of carbonyl (C=O) groups is 1. The van der Waals surface area contributed by atoms with Crippen molar-refractivity contribution in [3.05, 3.63) is 48.0 Å². The van der Waals surface area contributed by atoms with E-state index in [0.717, 1.165) is 5.56 Å². The lowest BCUT2D eigenvalue weighted by Gasteiger charge is -2.03. The van der Waals surface area contributed by atoms with E-state index in [1.807, 2.05) is 24.3 Å². The van der Waals surface area contributed by atoms with Crippen LogP contribution < -0.4 is 4.74 Å². The smallest absolute Gasteiger partial charge is 0.307 e. The first kappa shape index (κ1) is 13.2. The average Bonchev–Trinajstić information content (AvgIpc) is 2.89. The van der Waals surface area contributed by atoms with E-state index in [9.17, 15) is 4.79 Å². The highest BCUT2D eigenvalue weighted by atomic mass is 16.5. The van der Waals surface area contributed by atoms with E-state index in [4.69, 9.17) is 14.3 Å². The maximum absolute atomic E-state index is 10.8. The number of aromatic nitrogens is 1. The second kappa shape index (κ2) is 5.28. The Balaban J connectivity index is 2.06. The van der Waals surface area contributed by atoms with Crippen molar-refractivity contribution in [3.8, 4) is 17.2 Å². The van der Waals surface area contributed by atoms with Crippen molar-refractivity contribution >= 4 is 17.1 Å². The largest absolute Gasteiger partial charge is 0.496 e. The van der Waals surface area contributed by atoms with E-state index in [1.54, 1.807) is 25.3 Å². The van der Waals surface area contributed by atoms with Crippen molar-refractivity contribution in [3.63, 3.8) is 0 Å². The minimum atomic E-state index is -0.876. The van der Waals surface area contributed by atoms with Crippen LogP contribution in [0.1, 0.15) is 5.56 Å². The molecule has 21 heavy (non-hydrogen) atoms. The van der Waals surface area contributed by atoms with Gasteiger partial charge in [0, 0.05) is 0 Å². The van der Waals surface area contributed by atoms with Gasteiger partial charge in [0.25, 0.3) is 0 Å². The van der Waals surface area contributed by atoms with Gasteiger partial charge in [-0.3, -0.25) is 4.79 Å². The van der Waals surface area contributed by atoms with Crippen LogP contribution in [-0.2, 0) is 11.2 Å². The summed E-state index contributed by atoms with van der Waals surface area (Å²) in [5.41, 5.74) is 2.69. The lowest BCUT2D eigenvalue weighted by molar-refractivity contribution is -0.136. The summed E-state index contributed by atoms with van der Waals surface area (Å²) in [6.45, 7) is 0. The van der Waals surface area contributed by atoms with Crippen molar-refractivity contribution < 1.29 is 19.1 Å². The van der Waals surface area contributed by atoms with Crippen molar-refractivity contribution in [2.24, 2.45) is 0 Å². The van der Waals surface area contributed by atoms with Gasteiger partial charge < -0.3 is 14.3 Å². The van der Waals surface area contributed by atoms with Gasteiger partial charge in [0.05, 0.1) is 19.1 Å². The normalized spacial score (nSPS) is 10.7. The zero-order valence-corrected chi connectivity index (χ0v) is 11.4. The first-order valence-corrected chi connectivity index (χ1v) is 6.42. The quantitative estimate of drug-likeness (QED) is 0.796. The fourth-order valence-corrected chi connectivity index (χ4v) is 2.19. The highest BCUT2D eigenvalue weighted by molar-refractivity contribution is 5.79. The van der Waals surface area contributed by atoms with E-state index in [-0.39, 0.29) is 6.42 Å². The molecule has 0 saturated carbocycles. The predicted molar refractivity (Wildman–Crippen MR) is 77.3 cm³/mol. The van der Waals surface area contributed by atoms with Crippen LogP contribution in [0.25, 0.3) is 22.6 Å². The van der Waals surface area contributed by atoms with Gasteiger partial charge in [-0.25, -0.2) is 4.98 Å². The number of hydrogen-bond donors (Lipinski definition) is 1. The fraction of sp³-hybridized carbons (Fsp3) is 0.125. The van der Waals surface area contributed by atoms with E-state index >= 15 is 0 Å². The molecule has 3 rings (SSSR count). The molecule has 0 saturated heterocycles. The van der Waals surface area contributed by atoms with Gasteiger partial charge in [-0.15, -0.1) is 0 Å². The number of aliphatic carboxylic acids is 1. The van der Waals surface area contributed by atoms with Crippen LogP contribution in [-0.4, -0.2) is 23.2 Å². The van der Waals surface area contributed by atoms with E-state index in [0.29, 0.717) is 28.3 Å². The molecule has 0 spiro atoms. The van der Waals surface area contributed by atoms with Crippen LogP contribution in [0, 0.1) is 0 Å². The molecule has 0 radical (unpaired) electrons. The van der Waals surface area contributed by atoms with Crippen LogP contribution in [0.3, 0.4) is 0 Å². The molecule has 3 aromatic rings. The third-order valence-electron chi connectivity index (χ3n) is 3.15. The molecule has 106 valence electrons. The average molecular weight is 283 g/mol. The molecular formula is C16H13NO4. The Hall–Kier alpha value is -2.82. The minimum Gasteiger partial charge on any atom is -0.496 e. The molecular weight excluding hydrogens is 270 g/mol. The van der Waals surface area contributed by atoms with Crippen LogP contribution in [0.5, 0.6) is 5.75 Å². The van der Waals surface area contributed by atoms with Gasteiger partial charge in [-0.2, -0.15) is 0 Å². The standard InChI is InChI=1S/C16H13NO4/c1-20-13-5-3-2-4-11(13)16-17-12-7-6-10(9-15(18)19)8-14(12)21-16/h2-8H,9H2,1H3,(H,18,19). The summed E-state index contributed by atoms with van der Waals surface area (Å²) in [6.07, 6.45) is -0.0410. The van der Waals surface area contributed by atoms with Crippen LogP contribution in [0.4, 0.5) is 0 Å². The van der Waals surface area contributed by atoms with Crippen molar-refractivity contribution in [1.82, 2.24) is 4.98 Å². The third-order valence-corrected chi connectivity index (χ3v) is 3.15. The molecule has 1 N–H and O–H groups in total. The summed E-state index contributed by atoms with van der Waals surface area (Å²) in [5, 5.41) is 8.83. The number of hydrogen-bond acceptors (Lipinski definition) is 4. The van der Waals surface area contributed by atoms with E-state index < -0.39 is 5.97 Å². The number of carboxylic acid groups (broad SMARTS) is 1. The first-order valence-electron chi connectivity index (χ1n) is 6.42. The highest BCUT2D eigenvalue weighted by Gasteiger charge is 2.13. The lowest BCUT2D eigenvalue weighted by Crippen LogP contribution is -1.99. The van der Waals surface area contributed by atoms with Gasteiger partial charge in [-0.1, -0.05) is 18.2 Å². The predicted octanol–water partition coefficient (Wildman–Crippen LogP) is 3.13. The molecule has 0 unspecified atom stereocenters. The number of nitrogens with zero attached hydrogens (tertiary/aromatic N) is 1. The Labute approximate surface area is 120 Å². The van der Waals surface area contributed by atoms with Gasteiger partial charge in [-0.05, 0) is 29.8 Å². The van der Waals surface area contributed by atoms with Gasteiger partial charge in [0.2, 0.25) is 5.89 Å². The van der Waals surface area contributed by atoms with Gasteiger partial charge in [0.15, 0.2) is 5.58 Å². The molecule has 5 heteroatoms. The summed E-state index contributed by atoms with van der Waals surface area (Å²) in [4.78, 5) is 15.2. The van der Waals surface area contributed by atoms with Crippen molar-refractivity contribution in [2.75, 3.05) is 7.11 Å². The fourth-order valence-electron chi connectivity index (χ4n) is 2.19. The number of carboxylic acids is 1. The number of benzene rings is 2. The van der Waals surface area contributed by atoms with Crippen LogP contribution in [0.15, 0.2) is 46.9 Å². The van der Waals surface area contributed by atoms with Crippen molar-refractivity contribution in [1.29, 1.82) is 0 Å². The second-order valence-corrected chi connectivity index (χ2v) is 4.59. The van der Waals surface area contributed by atoms with Gasteiger partial charge >= 0.3 is 5.97 Å². The molecule has 1 aromatic heterocycles. The minimum absolute atomic E-state index is 0.0410. The molecule has 0 aliphatic heterocycles. The maximum atomic E-state index is 10.8. The lowest BCUT2D eigenvalue weighted by atomic mass is 10.1. The van der Waals surface area contributed by atoms with E-state index in [2.05, 4.69) is 4.98 Å². The van der Waals surface area contributed by atoms with Crippen molar-refractivity contribution in [2.45, 2.75) is 6.42 Å². The molecule has 0 aliphatic carbocycles. The Kier molecular flexibility index (Phi) is 3.31. The van der Waals surface area contributed by atoms with Gasteiger partial charge in [0.1, 0.15) is 11.3 Å². The molecule has 1 heterocycles.